The van der Waals surface area contributed by atoms with Crippen LogP contribution >= 0.6 is 0 Å². The van der Waals surface area contributed by atoms with Crippen molar-refractivity contribution in [2.24, 2.45) is 4.99 Å². The number of nitrogens with zero attached hydrogens (tertiary/aromatic N) is 1. The summed E-state index contributed by atoms with van der Waals surface area (Å²) in [4.78, 5) is 16.2. The average molecular weight is 401 g/mol. The van der Waals surface area contributed by atoms with Crippen LogP contribution < -0.4 is 24.8 Å². The van der Waals surface area contributed by atoms with E-state index in [-0.39, 0.29) is 0 Å². The minimum Gasteiger partial charge on any atom is -0.497 e. The molecule has 29 heavy (non-hydrogen) atoms. The van der Waals surface area contributed by atoms with Crippen LogP contribution in [0.25, 0.3) is 0 Å². The van der Waals surface area contributed by atoms with E-state index in [1.807, 2.05) is 24.3 Å². The second kappa shape index (κ2) is 10.8. The number of guanidine groups is 1. The molecule has 156 valence electrons. The van der Waals surface area contributed by atoms with Gasteiger partial charge in [0.1, 0.15) is 22.8 Å². The smallest absolute Gasteiger partial charge is 0.341 e. The molecule has 0 radical (unpaired) electrons. The average Bonchev–Trinajstić information content (AvgIpc) is 2.78. The first kappa shape index (κ1) is 21.9. The monoisotopic (exact) mass is 401 g/mol. The Hall–Kier alpha value is -3.42. The van der Waals surface area contributed by atoms with Gasteiger partial charge in [-0.3, -0.25) is 4.99 Å². The maximum Gasteiger partial charge on any atom is 0.341 e. The van der Waals surface area contributed by atoms with Gasteiger partial charge in [0.05, 0.1) is 28.4 Å². The minimum absolute atomic E-state index is 0.375. The molecular formula is C21H27N3O5. The highest BCUT2D eigenvalue weighted by molar-refractivity contribution is 5.92. The van der Waals surface area contributed by atoms with Crippen molar-refractivity contribution in [1.82, 2.24) is 10.6 Å². The lowest BCUT2D eigenvalue weighted by atomic mass is 10.1. The lowest BCUT2D eigenvalue weighted by molar-refractivity contribution is 0.0597. The predicted molar refractivity (Wildman–Crippen MR) is 111 cm³/mol. The highest BCUT2D eigenvalue weighted by Crippen LogP contribution is 2.24. The van der Waals surface area contributed by atoms with Gasteiger partial charge in [-0.25, -0.2) is 4.79 Å². The Labute approximate surface area is 170 Å². The van der Waals surface area contributed by atoms with Crippen LogP contribution in [0.5, 0.6) is 17.2 Å². The van der Waals surface area contributed by atoms with Gasteiger partial charge in [0.2, 0.25) is 0 Å². The summed E-state index contributed by atoms with van der Waals surface area (Å²) >= 11 is 0. The Morgan fingerprint density at radius 1 is 0.897 bits per heavy atom. The van der Waals surface area contributed by atoms with E-state index in [1.165, 1.54) is 14.2 Å². The zero-order chi connectivity index (χ0) is 21.2. The van der Waals surface area contributed by atoms with Gasteiger partial charge < -0.3 is 29.6 Å². The number of carbonyl (C=O) groups is 1. The molecule has 0 aliphatic carbocycles. The number of rotatable bonds is 8. The summed E-state index contributed by atoms with van der Waals surface area (Å²) in [6, 6.07) is 11.0. The van der Waals surface area contributed by atoms with E-state index >= 15 is 0 Å². The number of benzene rings is 2. The molecule has 0 saturated carbocycles. The molecule has 2 aromatic rings. The molecule has 0 bridgehead atoms. The molecule has 0 aliphatic heterocycles. The van der Waals surface area contributed by atoms with E-state index in [0.717, 1.165) is 22.6 Å². The number of nitrogens with one attached hydrogen (secondary N) is 2. The van der Waals surface area contributed by atoms with Crippen LogP contribution in [-0.4, -0.2) is 47.4 Å². The normalized spacial score (nSPS) is 10.9. The maximum absolute atomic E-state index is 11.9. The molecule has 0 spiro atoms. The fourth-order valence-corrected chi connectivity index (χ4v) is 2.72. The van der Waals surface area contributed by atoms with Crippen molar-refractivity contribution in [3.8, 4) is 17.2 Å². The van der Waals surface area contributed by atoms with E-state index in [2.05, 4.69) is 15.6 Å². The molecule has 0 aromatic heterocycles. The Bertz CT molecular complexity index is 867. The van der Waals surface area contributed by atoms with E-state index in [1.54, 1.807) is 33.4 Å². The molecule has 8 nitrogen and oxygen atoms in total. The highest BCUT2D eigenvalue weighted by Gasteiger charge is 2.13. The first-order chi connectivity index (χ1) is 14.1. The van der Waals surface area contributed by atoms with Gasteiger partial charge >= 0.3 is 5.97 Å². The van der Waals surface area contributed by atoms with Crippen molar-refractivity contribution >= 4 is 11.9 Å². The molecule has 0 heterocycles. The third kappa shape index (κ3) is 5.78. The van der Waals surface area contributed by atoms with Gasteiger partial charge in [0, 0.05) is 31.8 Å². The maximum atomic E-state index is 11.9. The zero-order valence-electron chi connectivity index (χ0n) is 17.4. The van der Waals surface area contributed by atoms with Gasteiger partial charge in [-0.05, 0) is 29.8 Å². The van der Waals surface area contributed by atoms with Crippen LogP contribution in [0, 0.1) is 0 Å². The quantitative estimate of drug-likeness (QED) is 0.399. The zero-order valence-corrected chi connectivity index (χ0v) is 17.4. The fraction of sp³-hybridized carbons (Fsp3) is 0.333. The Morgan fingerprint density at radius 3 is 2.24 bits per heavy atom. The summed E-state index contributed by atoms with van der Waals surface area (Å²) in [5.41, 5.74) is 2.23. The number of methoxy groups -OCH3 is 4. The minimum atomic E-state index is -0.446. The second-order valence-corrected chi connectivity index (χ2v) is 5.98. The van der Waals surface area contributed by atoms with E-state index in [4.69, 9.17) is 18.9 Å². The molecule has 2 N–H and O–H groups in total. The summed E-state index contributed by atoms with van der Waals surface area (Å²) in [6.07, 6.45) is 0. The van der Waals surface area contributed by atoms with Crippen LogP contribution in [0.1, 0.15) is 21.5 Å². The number of carbonyl (C=O) groups excluding carboxylic acids is 1. The van der Waals surface area contributed by atoms with Crippen LogP contribution in [0.3, 0.4) is 0 Å². The van der Waals surface area contributed by atoms with Gasteiger partial charge in [-0.15, -0.1) is 0 Å². The first-order valence-corrected chi connectivity index (χ1v) is 8.96. The van der Waals surface area contributed by atoms with Crippen molar-refractivity contribution in [2.75, 3.05) is 35.5 Å². The molecule has 0 aliphatic rings. The van der Waals surface area contributed by atoms with E-state index < -0.39 is 5.97 Å². The van der Waals surface area contributed by atoms with Crippen LogP contribution in [0.4, 0.5) is 0 Å². The number of hydrogen-bond acceptors (Lipinski definition) is 6. The number of hydrogen-bond donors (Lipinski definition) is 2. The number of esters is 1. The largest absolute Gasteiger partial charge is 0.497 e. The topological polar surface area (TPSA) is 90.4 Å². The Balaban J connectivity index is 2.02. The van der Waals surface area contributed by atoms with Crippen molar-refractivity contribution in [2.45, 2.75) is 13.1 Å². The molecule has 0 fully saturated rings. The second-order valence-electron chi connectivity index (χ2n) is 5.98. The van der Waals surface area contributed by atoms with Gasteiger partial charge in [-0.1, -0.05) is 6.07 Å². The molecule has 2 rings (SSSR count). The number of ether oxygens (including phenoxy) is 4. The van der Waals surface area contributed by atoms with Crippen LogP contribution in [0.2, 0.25) is 0 Å². The van der Waals surface area contributed by atoms with Crippen molar-refractivity contribution < 1.29 is 23.7 Å². The molecular weight excluding hydrogens is 374 g/mol. The molecule has 8 heteroatoms. The van der Waals surface area contributed by atoms with E-state index in [0.29, 0.717) is 30.4 Å². The van der Waals surface area contributed by atoms with Crippen LogP contribution in [-0.2, 0) is 17.8 Å². The predicted octanol–water partition coefficient (Wildman–Crippen LogP) is 2.36. The molecule has 0 unspecified atom stereocenters. The van der Waals surface area contributed by atoms with E-state index in [9.17, 15) is 4.79 Å². The van der Waals surface area contributed by atoms with Gasteiger partial charge in [0.25, 0.3) is 0 Å². The highest BCUT2D eigenvalue weighted by atomic mass is 16.5. The lowest BCUT2D eigenvalue weighted by Crippen LogP contribution is -2.36. The SMILES string of the molecule is CN=C(NCc1ccc(OC)c(C(=O)OC)c1)NCc1ccc(OC)cc1OC. The molecule has 0 atom stereocenters. The summed E-state index contributed by atoms with van der Waals surface area (Å²) in [5.74, 6) is 2.09. The molecule has 0 amide bonds. The van der Waals surface area contributed by atoms with Crippen molar-refractivity contribution in [3.05, 3.63) is 53.1 Å². The Morgan fingerprint density at radius 2 is 1.62 bits per heavy atom. The molecule has 2 aromatic carbocycles. The lowest BCUT2D eigenvalue weighted by Gasteiger charge is -2.15. The standard InChI is InChI=1S/C21H27N3O5/c1-22-21(24-13-15-7-8-16(26-2)11-19(15)28-4)23-12-14-6-9-18(27-3)17(10-14)20(25)29-5/h6-11H,12-13H2,1-5H3,(H2,22,23,24). The van der Waals surface area contributed by atoms with Crippen LogP contribution in [0.15, 0.2) is 41.4 Å². The summed E-state index contributed by atoms with van der Waals surface area (Å²) in [7, 11) is 7.77. The Kier molecular flexibility index (Phi) is 8.14. The van der Waals surface area contributed by atoms with Gasteiger partial charge in [0.15, 0.2) is 5.96 Å². The third-order valence-corrected chi connectivity index (χ3v) is 4.29. The van der Waals surface area contributed by atoms with Crippen molar-refractivity contribution in [1.29, 1.82) is 0 Å². The summed E-state index contributed by atoms with van der Waals surface area (Å²) in [5, 5.41) is 6.46. The van der Waals surface area contributed by atoms with Gasteiger partial charge in [-0.2, -0.15) is 0 Å². The first-order valence-electron chi connectivity index (χ1n) is 8.96. The fourth-order valence-electron chi connectivity index (χ4n) is 2.72. The van der Waals surface area contributed by atoms with Crippen molar-refractivity contribution in [3.63, 3.8) is 0 Å². The summed E-state index contributed by atoms with van der Waals surface area (Å²) < 4.78 is 20.7. The number of aliphatic imine (C=N–C) groups is 1. The summed E-state index contributed by atoms with van der Waals surface area (Å²) in [6.45, 7) is 0.982. The molecule has 0 saturated heterocycles. The third-order valence-electron chi connectivity index (χ3n) is 4.29.